The summed E-state index contributed by atoms with van der Waals surface area (Å²) < 4.78 is 0. The van der Waals surface area contributed by atoms with Gasteiger partial charge < -0.3 is 0 Å². The molecule has 0 fully saturated rings. The van der Waals surface area contributed by atoms with Gasteiger partial charge in [0.1, 0.15) is 6.61 Å². The Hall–Kier alpha value is -0.500. The van der Waals surface area contributed by atoms with Crippen molar-refractivity contribution in [2.24, 2.45) is 0 Å². The predicted octanol–water partition coefficient (Wildman–Crippen LogP) is 0.587. The SMILES string of the molecule is CC1=C[CH]ON1. The van der Waals surface area contributed by atoms with Crippen LogP contribution in [0.1, 0.15) is 6.92 Å². The molecule has 0 saturated carbocycles. The van der Waals surface area contributed by atoms with E-state index in [1.165, 1.54) is 0 Å². The fraction of sp³-hybridized carbons (Fsp3) is 0.250. The molecule has 0 saturated heterocycles. The lowest BCUT2D eigenvalue weighted by Gasteiger charge is -1.89. The fourth-order valence-corrected chi connectivity index (χ4v) is 0.297. The zero-order valence-corrected chi connectivity index (χ0v) is 3.56. The molecule has 33 valence electrons. The number of hydrogen-bond acceptors (Lipinski definition) is 2. The Labute approximate surface area is 36.8 Å². The average Bonchev–Trinajstić information content (AvgIpc) is 1.86. The van der Waals surface area contributed by atoms with Crippen LogP contribution in [0.5, 0.6) is 0 Å². The van der Waals surface area contributed by atoms with E-state index in [4.69, 9.17) is 0 Å². The van der Waals surface area contributed by atoms with E-state index in [9.17, 15) is 0 Å². The molecular formula is C4H6NO. The van der Waals surface area contributed by atoms with E-state index in [0.29, 0.717) is 0 Å². The van der Waals surface area contributed by atoms with E-state index < -0.39 is 0 Å². The molecule has 0 aliphatic carbocycles. The van der Waals surface area contributed by atoms with Gasteiger partial charge in [0, 0.05) is 5.70 Å². The van der Waals surface area contributed by atoms with Crippen LogP contribution in [-0.2, 0) is 4.84 Å². The second kappa shape index (κ2) is 1.30. The first-order valence-corrected chi connectivity index (χ1v) is 1.81. The smallest absolute Gasteiger partial charge is 0.138 e. The van der Waals surface area contributed by atoms with Crippen molar-refractivity contribution < 1.29 is 4.84 Å². The topological polar surface area (TPSA) is 21.3 Å². The standard InChI is InChI=1S/C4H6NO/c1-4-2-3-6-5-4/h2-3,5H,1H3. The highest BCUT2D eigenvalue weighted by atomic mass is 16.6. The summed E-state index contributed by atoms with van der Waals surface area (Å²) >= 11 is 0. The number of rotatable bonds is 0. The maximum atomic E-state index is 4.59. The number of hydrogen-bond donors (Lipinski definition) is 1. The van der Waals surface area contributed by atoms with Crippen LogP contribution in [0.15, 0.2) is 11.8 Å². The van der Waals surface area contributed by atoms with Crippen LogP contribution in [0, 0.1) is 6.61 Å². The minimum absolute atomic E-state index is 1.05. The summed E-state index contributed by atoms with van der Waals surface area (Å²) in [4.78, 5) is 4.59. The van der Waals surface area contributed by atoms with Crippen LogP contribution >= 0.6 is 0 Å². The van der Waals surface area contributed by atoms with Crippen molar-refractivity contribution in [1.82, 2.24) is 5.48 Å². The van der Waals surface area contributed by atoms with Crippen molar-refractivity contribution >= 4 is 0 Å². The summed E-state index contributed by atoms with van der Waals surface area (Å²) in [5.74, 6) is 0. The van der Waals surface area contributed by atoms with Gasteiger partial charge in [-0.3, -0.25) is 10.3 Å². The summed E-state index contributed by atoms with van der Waals surface area (Å²) in [5.41, 5.74) is 3.68. The minimum atomic E-state index is 1.05. The highest BCUT2D eigenvalue weighted by Gasteiger charge is 1.93. The second-order valence-electron chi connectivity index (χ2n) is 1.21. The molecule has 1 radical (unpaired) electrons. The summed E-state index contributed by atoms with van der Waals surface area (Å²) in [6, 6.07) is 0. The van der Waals surface area contributed by atoms with E-state index in [1.54, 1.807) is 6.61 Å². The Morgan fingerprint density at radius 1 is 1.83 bits per heavy atom. The molecule has 0 spiro atoms. The molecule has 1 aliphatic rings. The molecule has 0 aromatic rings. The Kier molecular flexibility index (Phi) is 0.801. The molecule has 0 atom stereocenters. The molecular weight excluding hydrogens is 78.0 g/mol. The van der Waals surface area contributed by atoms with E-state index in [0.717, 1.165) is 5.70 Å². The Morgan fingerprint density at radius 2 is 2.67 bits per heavy atom. The van der Waals surface area contributed by atoms with Gasteiger partial charge >= 0.3 is 0 Å². The van der Waals surface area contributed by atoms with Crippen molar-refractivity contribution in [2.75, 3.05) is 0 Å². The van der Waals surface area contributed by atoms with Crippen LogP contribution in [-0.4, -0.2) is 0 Å². The molecule has 2 nitrogen and oxygen atoms in total. The fourth-order valence-electron chi connectivity index (χ4n) is 0.297. The lowest BCUT2D eigenvalue weighted by atomic mass is 10.5. The number of allylic oxidation sites excluding steroid dienone is 1. The number of hydroxylamine groups is 1. The highest BCUT2D eigenvalue weighted by molar-refractivity contribution is 5.02. The third-order valence-electron chi connectivity index (χ3n) is 0.606. The van der Waals surface area contributed by atoms with Crippen molar-refractivity contribution in [3.63, 3.8) is 0 Å². The molecule has 0 aromatic heterocycles. The normalized spacial score (nSPS) is 19.8. The van der Waals surface area contributed by atoms with Crippen molar-refractivity contribution in [1.29, 1.82) is 0 Å². The van der Waals surface area contributed by atoms with E-state index in [2.05, 4.69) is 10.3 Å². The van der Waals surface area contributed by atoms with Crippen LogP contribution in [0.25, 0.3) is 0 Å². The maximum Gasteiger partial charge on any atom is 0.138 e. The van der Waals surface area contributed by atoms with E-state index in [1.807, 2.05) is 13.0 Å². The van der Waals surface area contributed by atoms with Gasteiger partial charge in [0.25, 0.3) is 0 Å². The molecule has 6 heavy (non-hydrogen) atoms. The molecule has 1 heterocycles. The molecule has 0 unspecified atom stereocenters. The second-order valence-corrected chi connectivity index (χ2v) is 1.21. The summed E-state index contributed by atoms with van der Waals surface area (Å²) in [6.45, 7) is 3.54. The zero-order valence-electron chi connectivity index (χ0n) is 3.56. The summed E-state index contributed by atoms with van der Waals surface area (Å²) in [6.07, 6.45) is 1.86. The third kappa shape index (κ3) is 0.518. The van der Waals surface area contributed by atoms with E-state index in [-0.39, 0.29) is 0 Å². The lowest BCUT2D eigenvalue weighted by molar-refractivity contribution is 0.154. The van der Waals surface area contributed by atoms with Gasteiger partial charge in [-0.2, -0.15) is 0 Å². The lowest BCUT2D eigenvalue weighted by Crippen LogP contribution is -2.00. The molecule has 1 aliphatic heterocycles. The van der Waals surface area contributed by atoms with Crippen LogP contribution in [0.3, 0.4) is 0 Å². The first-order valence-electron chi connectivity index (χ1n) is 1.81. The predicted molar refractivity (Wildman–Crippen MR) is 22.3 cm³/mol. The highest BCUT2D eigenvalue weighted by Crippen LogP contribution is 1.97. The Bertz CT molecular complexity index is 77.6. The number of nitrogens with one attached hydrogen (secondary N) is 1. The summed E-state index contributed by atoms with van der Waals surface area (Å²) in [7, 11) is 0. The maximum absolute atomic E-state index is 4.59. The monoisotopic (exact) mass is 84.0 g/mol. The summed E-state index contributed by atoms with van der Waals surface area (Å²) in [5, 5.41) is 0. The van der Waals surface area contributed by atoms with Gasteiger partial charge in [-0.05, 0) is 13.0 Å². The van der Waals surface area contributed by atoms with Gasteiger partial charge in [-0.15, -0.1) is 0 Å². The Balaban J connectivity index is 2.45. The van der Waals surface area contributed by atoms with Gasteiger partial charge in [-0.25, -0.2) is 0 Å². The third-order valence-corrected chi connectivity index (χ3v) is 0.606. The van der Waals surface area contributed by atoms with E-state index >= 15 is 0 Å². The van der Waals surface area contributed by atoms with Gasteiger partial charge in [0.05, 0.1) is 0 Å². The van der Waals surface area contributed by atoms with Crippen LogP contribution < -0.4 is 5.48 Å². The van der Waals surface area contributed by atoms with Gasteiger partial charge in [-0.1, -0.05) is 0 Å². The van der Waals surface area contributed by atoms with Crippen molar-refractivity contribution in [3.05, 3.63) is 18.4 Å². The van der Waals surface area contributed by atoms with Gasteiger partial charge in [0.2, 0.25) is 0 Å². The minimum Gasteiger partial charge on any atom is -0.271 e. The van der Waals surface area contributed by atoms with Crippen molar-refractivity contribution in [2.45, 2.75) is 6.92 Å². The first kappa shape index (κ1) is 3.68. The molecule has 2 heteroatoms. The van der Waals surface area contributed by atoms with Crippen LogP contribution in [0.4, 0.5) is 0 Å². The van der Waals surface area contributed by atoms with Crippen molar-refractivity contribution in [3.8, 4) is 0 Å². The molecule has 0 amide bonds. The molecule has 0 aromatic carbocycles. The molecule has 1 N–H and O–H groups in total. The van der Waals surface area contributed by atoms with Crippen LogP contribution in [0.2, 0.25) is 0 Å². The molecule has 1 rings (SSSR count). The van der Waals surface area contributed by atoms with Gasteiger partial charge in [0.15, 0.2) is 0 Å². The first-order chi connectivity index (χ1) is 2.89. The quantitative estimate of drug-likeness (QED) is 0.463. The largest absolute Gasteiger partial charge is 0.271 e. The molecule has 0 bridgehead atoms. The zero-order chi connectivity index (χ0) is 4.41. The Morgan fingerprint density at radius 3 is 2.83 bits per heavy atom. The average molecular weight is 84.1 g/mol.